The Morgan fingerprint density at radius 3 is 2.46 bits per heavy atom. The number of Topliss-reactive ketones (excluding diaryl/α,β-unsaturated/α-hetero) is 1. The highest BCUT2D eigenvalue weighted by molar-refractivity contribution is 9.09. The van der Waals surface area contributed by atoms with Gasteiger partial charge in [-0.3, -0.25) is 4.79 Å². The average Bonchev–Trinajstić information content (AvgIpc) is 2.18. The number of ketones is 1. The van der Waals surface area contributed by atoms with Crippen molar-refractivity contribution in [3.8, 4) is 5.75 Å². The minimum absolute atomic E-state index is 0.0862. The molecule has 2 nitrogen and oxygen atoms in total. The largest absolute Gasteiger partial charge is 0.494 e. The second-order valence-electron chi connectivity index (χ2n) is 2.51. The summed E-state index contributed by atoms with van der Waals surface area (Å²) in [5.41, 5.74) is 0.709. The average molecular weight is 243 g/mol. The summed E-state index contributed by atoms with van der Waals surface area (Å²) in [5.74, 6) is 0.886. The maximum absolute atomic E-state index is 11.2. The van der Waals surface area contributed by atoms with Crippen molar-refractivity contribution in [1.29, 1.82) is 0 Å². The van der Waals surface area contributed by atoms with Crippen molar-refractivity contribution in [2.45, 2.75) is 6.92 Å². The highest BCUT2D eigenvalue weighted by atomic mass is 79.9. The van der Waals surface area contributed by atoms with Gasteiger partial charge in [0.1, 0.15) is 5.75 Å². The van der Waals surface area contributed by atoms with Gasteiger partial charge in [0, 0.05) is 5.56 Å². The number of benzene rings is 1. The number of rotatable bonds is 4. The van der Waals surface area contributed by atoms with Crippen LogP contribution in [0.1, 0.15) is 17.3 Å². The van der Waals surface area contributed by atoms with E-state index in [9.17, 15) is 4.79 Å². The summed E-state index contributed by atoms with van der Waals surface area (Å²) < 4.78 is 5.25. The van der Waals surface area contributed by atoms with Gasteiger partial charge in [0.05, 0.1) is 11.9 Å². The van der Waals surface area contributed by atoms with E-state index in [0.29, 0.717) is 17.5 Å². The molecule has 0 amide bonds. The predicted octanol–water partition coefficient (Wildman–Crippen LogP) is 2.66. The number of halogens is 1. The molecule has 0 aliphatic carbocycles. The third-order valence-corrected chi connectivity index (χ3v) is 2.12. The summed E-state index contributed by atoms with van der Waals surface area (Å²) in [7, 11) is 0. The van der Waals surface area contributed by atoms with Crippen LogP contribution in [0.5, 0.6) is 5.75 Å². The van der Waals surface area contributed by atoms with E-state index >= 15 is 0 Å². The van der Waals surface area contributed by atoms with E-state index in [1.54, 1.807) is 24.3 Å². The molecular weight excluding hydrogens is 232 g/mol. The molecule has 0 aromatic heterocycles. The molecule has 0 spiro atoms. The molecule has 0 fully saturated rings. The molecule has 0 aliphatic rings. The number of ether oxygens (including phenoxy) is 1. The summed E-state index contributed by atoms with van der Waals surface area (Å²) >= 11 is 3.12. The molecule has 0 unspecified atom stereocenters. The first-order valence-electron chi connectivity index (χ1n) is 4.10. The Kier molecular flexibility index (Phi) is 3.96. The predicted molar refractivity (Wildman–Crippen MR) is 55.7 cm³/mol. The second-order valence-corrected chi connectivity index (χ2v) is 3.07. The van der Waals surface area contributed by atoms with Crippen LogP contribution in [0.15, 0.2) is 24.3 Å². The second kappa shape index (κ2) is 5.02. The monoisotopic (exact) mass is 242 g/mol. The molecule has 1 aromatic carbocycles. The van der Waals surface area contributed by atoms with Gasteiger partial charge in [-0.05, 0) is 31.2 Å². The summed E-state index contributed by atoms with van der Waals surface area (Å²) in [6, 6.07) is 7.15. The van der Waals surface area contributed by atoms with E-state index in [4.69, 9.17) is 4.74 Å². The third-order valence-electron chi connectivity index (χ3n) is 1.61. The minimum Gasteiger partial charge on any atom is -0.494 e. The Labute approximate surface area is 86.0 Å². The summed E-state index contributed by atoms with van der Waals surface area (Å²) in [4.78, 5) is 11.2. The molecule has 0 aliphatic heterocycles. The van der Waals surface area contributed by atoms with Crippen molar-refractivity contribution in [1.82, 2.24) is 0 Å². The molecule has 0 saturated carbocycles. The molecule has 0 heterocycles. The molecular formula is C10H11BrO2. The zero-order valence-electron chi connectivity index (χ0n) is 7.42. The number of carbonyl (C=O) groups is 1. The first-order chi connectivity index (χ1) is 6.27. The van der Waals surface area contributed by atoms with Crippen molar-refractivity contribution in [3.05, 3.63) is 29.8 Å². The summed E-state index contributed by atoms with van der Waals surface area (Å²) in [6.45, 7) is 2.57. The van der Waals surface area contributed by atoms with Crippen LogP contribution in [-0.4, -0.2) is 17.7 Å². The van der Waals surface area contributed by atoms with Crippen molar-refractivity contribution < 1.29 is 9.53 Å². The fourth-order valence-corrected chi connectivity index (χ4v) is 1.30. The van der Waals surface area contributed by atoms with Crippen LogP contribution < -0.4 is 4.74 Å². The zero-order chi connectivity index (χ0) is 9.68. The Morgan fingerprint density at radius 1 is 1.38 bits per heavy atom. The van der Waals surface area contributed by atoms with Gasteiger partial charge in [-0.2, -0.15) is 0 Å². The Balaban J connectivity index is 2.75. The minimum atomic E-state index is 0.0862. The van der Waals surface area contributed by atoms with Crippen molar-refractivity contribution in [2.75, 3.05) is 11.9 Å². The Hall–Kier alpha value is -0.830. The van der Waals surface area contributed by atoms with E-state index in [0.717, 1.165) is 5.75 Å². The van der Waals surface area contributed by atoms with Crippen LogP contribution in [0.25, 0.3) is 0 Å². The standard InChI is InChI=1S/C10H11BrO2/c1-2-13-9-5-3-8(4-6-9)10(12)7-11/h3-6H,2,7H2,1H3. The maximum atomic E-state index is 11.2. The van der Waals surface area contributed by atoms with Crippen LogP contribution in [0, 0.1) is 0 Å². The van der Waals surface area contributed by atoms with E-state index < -0.39 is 0 Å². The van der Waals surface area contributed by atoms with Crippen LogP contribution >= 0.6 is 15.9 Å². The zero-order valence-corrected chi connectivity index (χ0v) is 9.00. The highest BCUT2D eigenvalue weighted by Gasteiger charge is 2.02. The first kappa shape index (κ1) is 10.3. The molecule has 70 valence electrons. The number of hydrogen-bond acceptors (Lipinski definition) is 2. The molecule has 0 bridgehead atoms. The molecule has 1 rings (SSSR count). The van der Waals surface area contributed by atoms with Crippen molar-refractivity contribution in [3.63, 3.8) is 0 Å². The number of carbonyl (C=O) groups excluding carboxylic acids is 1. The maximum Gasteiger partial charge on any atom is 0.173 e. The van der Waals surface area contributed by atoms with Crippen LogP contribution in [0.4, 0.5) is 0 Å². The lowest BCUT2D eigenvalue weighted by Gasteiger charge is -2.02. The van der Waals surface area contributed by atoms with E-state index in [1.165, 1.54) is 0 Å². The fraction of sp³-hybridized carbons (Fsp3) is 0.300. The van der Waals surface area contributed by atoms with Gasteiger partial charge in [-0.1, -0.05) is 15.9 Å². The van der Waals surface area contributed by atoms with Crippen molar-refractivity contribution in [2.24, 2.45) is 0 Å². The van der Waals surface area contributed by atoms with Crippen LogP contribution in [-0.2, 0) is 0 Å². The first-order valence-corrected chi connectivity index (χ1v) is 5.22. The van der Waals surface area contributed by atoms with Gasteiger partial charge in [-0.15, -0.1) is 0 Å². The van der Waals surface area contributed by atoms with Gasteiger partial charge in [0.15, 0.2) is 5.78 Å². The topological polar surface area (TPSA) is 26.3 Å². The Morgan fingerprint density at radius 2 is 2.00 bits per heavy atom. The molecule has 0 saturated heterocycles. The van der Waals surface area contributed by atoms with Gasteiger partial charge in [0.25, 0.3) is 0 Å². The molecule has 3 heteroatoms. The quantitative estimate of drug-likeness (QED) is 0.600. The highest BCUT2D eigenvalue weighted by Crippen LogP contribution is 2.12. The van der Waals surface area contributed by atoms with Gasteiger partial charge < -0.3 is 4.74 Å². The van der Waals surface area contributed by atoms with Crippen molar-refractivity contribution >= 4 is 21.7 Å². The van der Waals surface area contributed by atoms with Gasteiger partial charge in [-0.25, -0.2) is 0 Å². The van der Waals surface area contributed by atoms with Gasteiger partial charge >= 0.3 is 0 Å². The molecule has 1 aromatic rings. The van der Waals surface area contributed by atoms with Gasteiger partial charge in [0.2, 0.25) is 0 Å². The lowest BCUT2D eigenvalue weighted by atomic mass is 10.1. The Bertz CT molecular complexity index is 279. The molecule has 0 N–H and O–H groups in total. The van der Waals surface area contributed by atoms with E-state index in [1.807, 2.05) is 6.92 Å². The molecule has 0 radical (unpaired) electrons. The van der Waals surface area contributed by atoms with Crippen LogP contribution in [0.3, 0.4) is 0 Å². The number of hydrogen-bond donors (Lipinski definition) is 0. The van der Waals surface area contributed by atoms with E-state index in [2.05, 4.69) is 15.9 Å². The molecule has 13 heavy (non-hydrogen) atoms. The fourth-order valence-electron chi connectivity index (χ4n) is 0.981. The number of alkyl halides is 1. The lowest BCUT2D eigenvalue weighted by molar-refractivity contribution is 0.102. The summed E-state index contributed by atoms with van der Waals surface area (Å²) in [5, 5.41) is 0.362. The molecule has 0 atom stereocenters. The van der Waals surface area contributed by atoms with Crippen LogP contribution in [0.2, 0.25) is 0 Å². The normalized spacial score (nSPS) is 9.69. The summed E-state index contributed by atoms with van der Waals surface area (Å²) in [6.07, 6.45) is 0. The third kappa shape index (κ3) is 2.84. The van der Waals surface area contributed by atoms with E-state index in [-0.39, 0.29) is 5.78 Å². The lowest BCUT2D eigenvalue weighted by Crippen LogP contribution is -1.99. The SMILES string of the molecule is CCOc1ccc(C(=O)CBr)cc1. The smallest absolute Gasteiger partial charge is 0.173 e.